The van der Waals surface area contributed by atoms with Gasteiger partial charge < -0.3 is 9.26 Å². The van der Waals surface area contributed by atoms with Gasteiger partial charge >= 0.3 is 5.97 Å². The largest absolute Gasteiger partial charge is 0.487 e. The third-order valence-corrected chi connectivity index (χ3v) is 1.14. The molecule has 0 rings (SSSR count). The standard InChI is InChI=1S/C7H13O3P/c1-3-4-9-7(8)6(2)5-10-11/h5H,3-4,11H2,1-2H3. The molecule has 0 fully saturated rings. The number of rotatable bonds is 4. The van der Waals surface area contributed by atoms with Crippen LogP contribution in [0.1, 0.15) is 20.3 Å². The van der Waals surface area contributed by atoms with Gasteiger partial charge in [0.2, 0.25) is 0 Å². The quantitative estimate of drug-likeness (QED) is 0.283. The zero-order chi connectivity index (χ0) is 8.69. The first-order valence-corrected chi connectivity index (χ1v) is 3.89. The molecule has 0 aliphatic heterocycles. The van der Waals surface area contributed by atoms with Crippen LogP contribution in [0.5, 0.6) is 0 Å². The van der Waals surface area contributed by atoms with Crippen LogP contribution in [0.15, 0.2) is 11.8 Å². The van der Waals surface area contributed by atoms with E-state index in [1.54, 1.807) is 6.92 Å². The van der Waals surface area contributed by atoms with Crippen LogP contribution in [-0.4, -0.2) is 12.6 Å². The molecule has 1 atom stereocenters. The summed E-state index contributed by atoms with van der Waals surface area (Å²) in [6.07, 6.45) is 2.17. The molecule has 64 valence electrons. The van der Waals surface area contributed by atoms with Crippen molar-refractivity contribution < 1.29 is 14.1 Å². The minimum absolute atomic E-state index is 0.325. The van der Waals surface area contributed by atoms with Gasteiger partial charge in [-0.2, -0.15) is 0 Å². The number of carbonyl (C=O) groups excluding carboxylic acids is 1. The van der Waals surface area contributed by atoms with Crippen molar-refractivity contribution >= 4 is 15.4 Å². The Labute approximate surface area is 69.0 Å². The molecule has 3 nitrogen and oxygen atoms in total. The Morgan fingerprint density at radius 1 is 1.64 bits per heavy atom. The fourth-order valence-electron chi connectivity index (χ4n) is 0.459. The summed E-state index contributed by atoms with van der Waals surface area (Å²) in [7, 11) is 2.03. The molecule has 0 aromatic heterocycles. The molecule has 0 aliphatic carbocycles. The zero-order valence-electron chi connectivity index (χ0n) is 6.79. The molecule has 0 saturated carbocycles. The van der Waals surface area contributed by atoms with E-state index >= 15 is 0 Å². The zero-order valence-corrected chi connectivity index (χ0v) is 7.95. The van der Waals surface area contributed by atoms with E-state index in [1.807, 2.05) is 16.4 Å². The summed E-state index contributed by atoms with van der Waals surface area (Å²) in [5, 5.41) is 0. The first-order chi connectivity index (χ1) is 5.22. The van der Waals surface area contributed by atoms with Crippen LogP contribution in [0.4, 0.5) is 0 Å². The number of hydrogen-bond acceptors (Lipinski definition) is 3. The molecular weight excluding hydrogens is 163 g/mol. The van der Waals surface area contributed by atoms with Crippen LogP contribution in [0, 0.1) is 0 Å². The Morgan fingerprint density at radius 2 is 2.27 bits per heavy atom. The minimum atomic E-state index is -0.325. The van der Waals surface area contributed by atoms with Gasteiger partial charge in [0.1, 0.15) is 0 Å². The Morgan fingerprint density at radius 3 is 2.73 bits per heavy atom. The highest BCUT2D eigenvalue weighted by atomic mass is 31.0. The Hall–Kier alpha value is -0.560. The number of carbonyl (C=O) groups is 1. The van der Waals surface area contributed by atoms with Gasteiger partial charge in [-0.15, -0.1) is 0 Å². The maximum Gasteiger partial charge on any atom is 0.336 e. The number of esters is 1. The van der Waals surface area contributed by atoms with Gasteiger partial charge in [0.15, 0.2) is 0 Å². The van der Waals surface area contributed by atoms with Crippen LogP contribution in [0.25, 0.3) is 0 Å². The van der Waals surface area contributed by atoms with E-state index in [1.165, 1.54) is 6.26 Å². The number of ether oxygens (including phenoxy) is 1. The van der Waals surface area contributed by atoms with Crippen LogP contribution in [-0.2, 0) is 14.1 Å². The smallest absolute Gasteiger partial charge is 0.336 e. The van der Waals surface area contributed by atoms with Crippen molar-refractivity contribution in [1.29, 1.82) is 0 Å². The Balaban J connectivity index is 3.73. The summed E-state index contributed by atoms with van der Waals surface area (Å²) in [5.41, 5.74) is 0.466. The average Bonchev–Trinajstić information content (AvgIpc) is 2.00. The van der Waals surface area contributed by atoms with E-state index in [0.29, 0.717) is 12.2 Å². The third-order valence-electron chi connectivity index (χ3n) is 1.00. The molecule has 1 unspecified atom stereocenters. The second-order valence-corrected chi connectivity index (χ2v) is 2.35. The monoisotopic (exact) mass is 176 g/mol. The summed E-state index contributed by atoms with van der Waals surface area (Å²) in [6, 6.07) is 0. The van der Waals surface area contributed by atoms with Crippen molar-refractivity contribution in [2.75, 3.05) is 6.61 Å². The summed E-state index contributed by atoms with van der Waals surface area (Å²) in [5.74, 6) is -0.325. The average molecular weight is 176 g/mol. The lowest BCUT2D eigenvalue weighted by molar-refractivity contribution is -0.139. The highest BCUT2D eigenvalue weighted by Gasteiger charge is 2.03. The molecule has 0 saturated heterocycles. The van der Waals surface area contributed by atoms with E-state index in [0.717, 1.165) is 6.42 Å². The minimum Gasteiger partial charge on any atom is -0.487 e. The van der Waals surface area contributed by atoms with Crippen LogP contribution >= 0.6 is 9.47 Å². The third kappa shape index (κ3) is 4.79. The van der Waals surface area contributed by atoms with E-state index in [-0.39, 0.29) is 5.97 Å². The molecule has 4 heteroatoms. The Kier molecular flexibility index (Phi) is 5.86. The Bertz CT molecular complexity index is 154. The van der Waals surface area contributed by atoms with Crippen LogP contribution in [0.2, 0.25) is 0 Å². The van der Waals surface area contributed by atoms with E-state index in [4.69, 9.17) is 4.74 Å². The molecule has 0 heterocycles. The van der Waals surface area contributed by atoms with Gasteiger partial charge in [0, 0.05) is 0 Å². The van der Waals surface area contributed by atoms with Crippen LogP contribution in [0.3, 0.4) is 0 Å². The molecular formula is C7H13O3P. The molecule has 0 aliphatic rings. The van der Waals surface area contributed by atoms with Crippen molar-refractivity contribution in [1.82, 2.24) is 0 Å². The number of hydrogen-bond donors (Lipinski definition) is 0. The van der Waals surface area contributed by atoms with Crippen molar-refractivity contribution in [3.8, 4) is 0 Å². The lowest BCUT2D eigenvalue weighted by atomic mass is 10.3. The highest BCUT2D eigenvalue weighted by Crippen LogP contribution is 1.99. The van der Waals surface area contributed by atoms with Gasteiger partial charge in [-0.05, 0) is 13.3 Å². The van der Waals surface area contributed by atoms with Gasteiger partial charge in [-0.3, -0.25) is 0 Å². The molecule has 11 heavy (non-hydrogen) atoms. The molecule has 0 bridgehead atoms. The van der Waals surface area contributed by atoms with Gasteiger partial charge in [0.25, 0.3) is 0 Å². The fraction of sp³-hybridized carbons (Fsp3) is 0.571. The maximum atomic E-state index is 10.9. The molecule has 0 amide bonds. The highest BCUT2D eigenvalue weighted by molar-refractivity contribution is 7.10. The van der Waals surface area contributed by atoms with Crippen LogP contribution < -0.4 is 0 Å². The first-order valence-electron chi connectivity index (χ1n) is 3.41. The second kappa shape index (κ2) is 6.17. The SMILES string of the molecule is CCCOC(=O)C(C)=COP. The van der Waals surface area contributed by atoms with Crippen molar-refractivity contribution in [3.05, 3.63) is 11.8 Å². The summed E-state index contributed by atoms with van der Waals surface area (Å²) >= 11 is 0. The van der Waals surface area contributed by atoms with Gasteiger partial charge in [-0.25, -0.2) is 4.79 Å². The van der Waals surface area contributed by atoms with E-state index in [2.05, 4.69) is 4.52 Å². The van der Waals surface area contributed by atoms with Crippen molar-refractivity contribution in [2.45, 2.75) is 20.3 Å². The molecule has 0 radical (unpaired) electrons. The summed E-state index contributed by atoms with van der Waals surface area (Å²) in [4.78, 5) is 10.9. The predicted octanol–water partition coefficient (Wildman–Crippen LogP) is 1.65. The molecule has 0 aromatic carbocycles. The van der Waals surface area contributed by atoms with E-state index in [9.17, 15) is 4.79 Å². The second-order valence-electron chi connectivity index (χ2n) is 2.07. The van der Waals surface area contributed by atoms with Crippen molar-refractivity contribution in [3.63, 3.8) is 0 Å². The fourth-order valence-corrected chi connectivity index (χ4v) is 0.663. The maximum absolute atomic E-state index is 10.9. The van der Waals surface area contributed by atoms with Crippen molar-refractivity contribution in [2.24, 2.45) is 0 Å². The molecule has 0 aromatic rings. The summed E-state index contributed by atoms with van der Waals surface area (Å²) < 4.78 is 9.37. The van der Waals surface area contributed by atoms with Gasteiger partial charge in [-0.1, -0.05) is 6.92 Å². The lowest BCUT2D eigenvalue weighted by Crippen LogP contribution is -2.06. The first kappa shape index (κ1) is 10.4. The molecule has 0 spiro atoms. The van der Waals surface area contributed by atoms with E-state index < -0.39 is 0 Å². The predicted molar refractivity (Wildman–Crippen MR) is 45.8 cm³/mol. The normalized spacial score (nSPS) is 11.0. The lowest BCUT2D eigenvalue weighted by Gasteiger charge is -2.01. The molecule has 0 N–H and O–H groups in total. The topological polar surface area (TPSA) is 35.5 Å². The summed E-state index contributed by atoms with van der Waals surface area (Å²) in [6.45, 7) is 4.04. The van der Waals surface area contributed by atoms with Gasteiger partial charge in [0.05, 0.1) is 27.9 Å².